The number of hydrogen-bond acceptors (Lipinski definition) is 4. The predicted molar refractivity (Wildman–Crippen MR) is 67.5 cm³/mol. The van der Waals surface area contributed by atoms with E-state index in [9.17, 15) is 18.0 Å². The summed E-state index contributed by atoms with van der Waals surface area (Å²) in [4.78, 5) is 15.4. The number of carbonyl (C=O) groups excluding carboxylic acids is 1. The van der Waals surface area contributed by atoms with Crippen LogP contribution in [0.4, 0.5) is 18.9 Å². The minimum Gasteiger partial charge on any atom is -0.467 e. The number of aliphatic imine (C=N–C) groups is 1. The maximum atomic E-state index is 12.6. The van der Waals surface area contributed by atoms with Crippen molar-refractivity contribution < 1.29 is 22.7 Å². The second-order valence-electron chi connectivity index (χ2n) is 4.36. The van der Waals surface area contributed by atoms with E-state index in [4.69, 9.17) is 0 Å². The van der Waals surface area contributed by atoms with Crippen molar-refractivity contribution in [3.8, 4) is 0 Å². The highest BCUT2D eigenvalue weighted by molar-refractivity contribution is 5.99. The molecule has 0 aliphatic carbocycles. The van der Waals surface area contributed by atoms with Gasteiger partial charge >= 0.3 is 12.1 Å². The van der Waals surface area contributed by atoms with Gasteiger partial charge in [-0.15, -0.1) is 0 Å². The van der Waals surface area contributed by atoms with Crippen LogP contribution in [-0.4, -0.2) is 25.0 Å². The number of methoxy groups -OCH3 is 1. The fraction of sp³-hybridized carbons (Fsp3) is 0.385. The molecule has 2 rings (SSSR count). The molecule has 1 heterocycles. The largest absolute Gasteiger partial charge is 0.467 e. The minimum absolute atomic E-state index is 0.295. The lowest BCUT2D eigenvalue weighted by molar-refractivity contribution is -0.142. The number of rotatable bonds is 2. The van der Waals surface area contributed by atoms with E-state index in [2.05, 4.69) is 15.0 Å². The van der Waals surface area contributed by atoms with Crippen molar-refractivity contribution in [2.45, 2.75) is 25.1 Å². The van der Waals surface area contributed by atoms with Crippen LogP contribution in [0.5, 0.6) is 0 Å². The van der Waals surface area contributed by atoms with Crippen LogP contribution in [0.25, 0.3) is 0 Å². The Morgan fingerprint density at radius 3 is 2.85 bits per heavy atom. The zero-order chi connectivity index (χ0) is 14.8. The summed E-state index contributed by atoms with van der Waals surface area (Å²) in [7, 11) is 1.27. The lowest BCUT2D eigenvalue weighted by Gasteiger charge is -2.10. The molecule has 0 saturated heterocycles. The van der Waals surface area contributed by atoms with Crippen molar-refractivity contribution in [2.24, 2.45) is 4.99 Å². The number of amidine groups is 1. The van der Waals surface area contributed by atoms with E-state index >= 15 is 0 Å². The second-order valence-corrected chi connectivity index (χ2v) is 4.36. The van der Waals surface area contributed by atoms with E-state index in [1.165, 1.54) is 19.2 Å². The minimum atomic E-state index is -4.39. The molecule has 1 aromatic rings. The number of benzene rings is 1. The normalized spacial score (nSPS) is 18.6. The van der Waals surface area contributed by atoms with Gasteiger partial charge in [0.2, 0.25) is 0 Å². The number of halogens is 3. The Morgan fingerprint density at radius 2 is 2.20 bits per heavy atom. The summed E-state index contributed by atoms with van der Waals surface area (Å²) in [5.74, 6) is 0.0468. The summed E-state index contributed by atoms with van der Waals surface area (Å²) in [6.45, 7) is 0. The average molecular weight is 286 g/mol. The molecule has 1 atom stereocenters. The van der Waals surface area contributed by atoms with Crippen molar-refractivity contribution in [3.63, 3.8) is 0 Å². The summed E-state index contributed by atoms with van der Waals surface area (Å²) in [5, 5.41) is 2.80. The van der Waals surface area contributed by atoms with Gasteiger partial charge in [-0.3, -0.25) is 4.99 Å². The van der Waals surface area contributed by atoms with Crippen LogP contribution in [0, 0.1) is 0 Å². The smallest absolute Gasteiger partial charge is 0.416 e. The van der Waals surface area contributed by atoms with Gasteiger partial charge < -0.3 is 10.1 Å². The lowest BCUT2D eigenvalue weighted by atomic mass is 10.2. The Balaban J connectivity index is 2.10. The highest BCUT2D eigenvalue weighted by atomic mass is 19.4. The van der Waals surface area contributed by atoms with Crippen LogP contribution in [0.2, 0.25) is 0 Å². The molecule has 0 saturated carbocycles. The Labute approximate surface area is 113 Å². The third kappa shape index (κ3) is 3.28. The maximum Gasteiger partial charge on any atom is 0.416 e. The van der Waals surface area contributed by atoms with E-state index in [0.717, 1.165) is 12.1 Å². The Morgan fingerprint density at radius 1 is 1.45 bits per heavy atom. The number of carbonyl (C=O) groups is 1. The summed E-state index contributed by atoms with van der Waals surface area (Å²) >= 11 is 0. The summed E-state index contributed by atoms with van der Waals surface area (Å²) in [5.41, 5.74) is -0.435. The van der Waals surface area contributed by atoms with Crippen LogP contribution < -0.4 is 5.32 Å². The first-order valence-corrected chi connectivity index (χ1v) is 5.99. The number of anilines is 1. The van der Waals surface area contributed by atoms with E-state index in [0.29, 0.717) is 24.4 Å². The maximum absolute atomic E-state index is 12.6. The standard InChI is InChI=1S/C13H13F3N2O2/c1-20-12(19)10-5-6-11(18-10)17-9-4-2-3-8(7-9)13(14,15)16/h2-4,7,10H,5-6H2,1H3,(H,17,18)/t10-/m0/s1. The van der Waals surface area contributed by atoms with Crippen molar-refractivity contribution in [1.82, 2.24) is 0 Å². The average Bonchev–Trinajstić information content (AvgIpc) is 2.85. The first-order valence-electron chi connectivity index (χ1n) is 5.99. The molecule has 0 unspecified atom stereocenters. The second kappa shape index (κ2) is 5.52. The highest BCUT2D eigenvalue weighted by Gasteiger charge is 2.30. The van der Waals surface area contributed by atoms with Crippen molar-refractivity contribution in [2.75, 3.05) is 12.4 Å². The number of nitrogens with zero attached hydrogens (tertiary/aromatic N) is 1. The molecule has 0 bridgehead atoms. The van der Waals surface area contributed by atoms with Crippen LogP contribution in [0.1, 0.15) is 18.4 Å². The summed E-state index contributed by atoms with van der Waals surface area (Å²) in [6.07, 6.45) is -3.40. The number of esters is 1. The molecule has 1 aliphatic heterocycles. The van der Waals surface area contributed by atoms with Gasteiger partial charge in [0, 0.05) is 12.1 Å². The van der Waals surface area contributed by atoms with Gasteiger partial charge in [0.05, 0.1) is 12.7 Å². The molecule has 7 heteroatoms. The molecule has 1 aliphatic rings. The molecule has 0 radical (unpaired) electrons. The summed E-state index contributed by atoms with van der Waals surface area (Å²) < 4.78 is 42.3. The SMILES string of the molecule is COC(=O)[C@@H]1CCC(Nc2cccc(C(F)(F)F)c2)=N1. The van der Waals surface area contributed by atoms with E-state index < -0.39 is 23.8 Å². The quantitative estimate of drug-likeness (QED) is 0.850. The third-order valence-corrected chi connectivity index (χ3v) is 2.92. The lowest BCUT2D eigenvalue weighted by Crippen LogP contribution is -2.17. The molecule has 108 valence electrons. The van der Waals surface area contributed by atoms with E-state index in [-0.39, 0.29) is 0 Å². The van der Waals surface area contributed by atoms with Gasteiger partial charge in [-0.1, -0.05) is 6.07 Å². The number of alkyl halides is 3. The molecule has 1 aromatic carbocycles. The number of hydrogen-bond donors (Lipinski definition) is 1. The topological polar surface area (TPSA) is 50.7 Å². The molecular formula is C13H13F3N2O2. The Bertz CT molecular complexity index is 541. The van der Waals surface area contributed by atoms with Crippen LogP contribution in [0.15, 0.2) is 29.3 Å². The molecule has 0 fully saturated rings. The van der Waals surface area contributed by atoms with Crippen LogP contribution in [-0.2, 0) is 15.7 Å². The van der Waals surface area contributed by atoms with Gasteiger partial charge in [-0.25, -0.2) is 4.79 Å². The van der Waals surface area contributed by atoms with Gasteiger partial charge in [0.25, 0.3) is 0 Å². The Kier molecular flexibility index (Phi) is 3.96. The van der Waals surface area contributed by atoms with Crippen molar-refractivity contribution >= 4 is 17.5 Å². The number of nitrogens with one attached hydrogen (secondary N) is 1. The molecule has 1 N–H and O–H groups in total. The summed E-state index contributed by atoms with van der Waals surface area (Å²) in [6, 6.07) is 4.27. The molecule has 20 heavy (non-hydrogen) atoms. The zero-order valence-electron chi connectivity index (χ0n) is 10.7. The zero-order valence-corrected chi connectivity index (χ0v) is 10.7. The van der Waals surface area contributed by atoms with Crippen LogP contribution in [0.3, 0.4) is 0 Å². The van der Waals surface area contributed by atoms with Gasteiger partial charge in [-0.2, -0.15) is 13.2 Å². The van der Waals surface area contributed by atoms with Gasteiger partial charge in [-0.05, 0) is 24.6 Å². The fourth-order valence-corrected chi connectivity index (χ4v) is 1.93. The first kappa shape index (κ1) is 14.4. The molecular weight excluding hydrogens is 273 g/mol. The van der Waals surface area contributed by atoms with E-state index in [1.807, 2.05) is 0 Å². The third-order valence-electron chi connectivity index (χ3n) is 2.92. The highest BCUT2D eigenvalue weighted by Crippen LogP contribution is 2.31. The van der Waals surface area contributed by atoms with Gasteiger partial charge in [0.1, 0.15) is 11.9 Å². The monoisotopic (exact) mass is 286 g/mol. The van der Waals surface area contributed by atoms with Crippen molar-refractivity contribution in [1.29, 1.82) is 0 Å². The van der Waals surface area contributed by atoms with Crippen LogP contribution >= 0.6 is 0 Å². The molecule has 4 nitrogen and oxygen atoms in total. The molecule has 0 spiro atoms. The fourth-order valence-electron chi connectivity index (χ4n) is 1.93. The first-order chi connectivity index (χ1) is 9.40. The molecule has 0 aromatic heterocycles. The van der Waals surface area contributed by atoms with E-state index in [1.54, 1.807) is 0 Å². The van der Waals surface area contributed by atoms with Crippen molar-refractivity contribution in [3.05, 3.63) is 29.8 Å². The number of ether oxygens (including phenoxy) is 1. The Hall–Kier alpha value is -2.05. The molecule has 0 amide bonds. The van der Waals surface area contributed by atoms with Gasteiger partial charge in [0.15, 0.2) is 0 Å². The predicted octanol–water partition coefficient (Wildman–Crippen LogP) is 2.85.